The Balaban J connectivity index is 1.69. The van der Waals surface area contributed by atoms with Gasteiger partial charge in [-0.25, -0.2) is 4.79 Å². The van der Waals surface area contributed by atoms with Crippen LogP contribution in [0.25, 0.3) is 0 Å². The van der Waals surface area contributed by atoms with Crippen LogP contribution in [0.15, 0.2) is 36.4 Å². The molecule has 0 saturated heterocycles. The second-order valence-corrected chi connectivity index (χ2v) is 7.01. The number of fused-ring (bicyclic) bond motifs is 1. The van der Waals surface area contributed by atoms with Crippen LogP contribution >= 0.6 is 0 Å². The molecule has 1 amide bonds. The number of carbonyl (C=O) groups excluding carboxylic acids is 2. The van der Waals surface area contributed by atoms with Gasteiger partial charge in [-0.1, -0.05) is 24.3 Å². The summed E-state index contributed by atoms with van der Waals surface area (Å²) >= 11 is 0. The summed E-state index contributed by atoms with van der Waals surface area (Å²) in [6.45, 7) is 7.60. The highest BCUT2D eigenvalue weighted by atomic mass is 16.5. The lowest BCUT2D eigenvalue weighted by molar-refractivity contribution is -0.135. The van der Waals surface area contributed by atoms with E-state index in [9.17, 15) is 9.59 Å². The van der Waals surface area contributed by atoms with Crippen LogP contribution in [0.2, 0.25) is 0 Å². The lowest BCUT2D eigenvalue weighted by atomic mass is 10.00. The first-order chi connectivity index (χ1) is 15.1. The molecule has 0 bridgehead atoms. The SMILES string of the molecule is CCOc1cc(C(=O)OCC(=O)N2CCc3ccccc3C2)cc(OCC)c1OCC. The van der Waals surface area contributed by atoms with Gasteiger partial charge in [0.1, 0.15) is 0 Å². The van der Waals surface area contributed by atoms with E-state index in [2.05, 4.69) is 6.07 Å². The molecule has 7 nitrogen and oxygen atoms in total. The largest absolute Gasteiger partial charge is 0.490 e. The van der Waals surface area contributed by atoms with Crippen LogP contribution < -0.4 is 14.2 Å². The average Bonchev–Trinajstić information content (AvgIpc) is 2.79. The zero-order valence-corrected chi connectivity index (χ0v) is 18.3. The van der Waals surface area contributed by atoms with Crippen LogP contribution in [0.1, 0.15) is 42.3 Å². The number of rotatable bonds is 9. The molecule has 1 aliphatic rings. The lowest BCUT2D eigenvalue weighted by Gasteiger charge is -2.28. The van der Waals surface area contributed by atoms with Crippen molar-refractivity contribution in [2.45, 2.75) is 33.7 Å². The van der Waals surface area contributed by atoms with Gasteiger partial charge in [-0.15, -0.1) is 0 Å². The Hall–Kier alpha value is -3.22. The van der Waals surface area contributed by atoms with Crippen LogP contribution in [0.3, 0.4) is 0 Å². The van der Waals surface area contributed by atoms with Crippen molar-refractivity contribution >= 4 is 11.9 Å². The van der Waals surface area contributed by atoms with Crippen molar-refractivity contribution < 1.29 is 28.5 Å². The summed E-state index contributed by atoms with van der Waals surface area (Å²) in [5.74, 6) is 0.424. The quantitative estimate of drug-likeness (QED) is 0.569. The molecule has 0 N–H and O–H groups in total. The topological polar surface area (TPSA) is 74.3 Å². The minimum atomic E-state index is -0.615. The maximum absolute atomic E-state index is 12.7. The molecule has 2 aromatic carbocycles. The van der Waals surface area contributed by atoms with Gasteiger partial charge in [0.15, 0.2) is 18.1 Å². The zero-order valence-electron chi connectivity index (χ0n) is 18.3. The number of hydrogen-bond acceptors (Lipinski definition) is 6. The third kappa shape index (κ3) is 5.48. The number of hydrogen-bond donors (Lipinski definition) is 0. The van der Waals surface area contributed by atoms with E-state index in [4.69, 9.17) is 18.9 Å². The summed E-state index contributed by atoms with van der Waals surface area (Å²) in [5, 5.41) is 0. The van der Waals surface area contributed by atoms with Crippen molar-refractivity contribution in [2.24, 2.45) is 0 Å². The van der Waals surface area contributed by atoms with Gasteiger partial charge in [0.05, 0.1) is 25.4 Å². The average molecular weight is 427 g/mol. The normalized spacial score (nSPS) is 12.7. The summed E-state index contributed by atoms with van der Waals surface area (Å²) < 4.78 is 22.2. The highest BCUT2D eigenvalue weighted by Gasteiger charge is 2.23. The van der Waals surface area contributed by atoms with Crippen LogP contribution in [-0.2, 0) is 22.5 Å². The molecule has 166 valence electrons. The Morgan fingerprint density at radius 2 is 1.52 bits per heavy atom. The minimum Gasteiger partial charge on any atom is -0.490 e. The van der Waals surface area contributed by atoms with E-state index in [1.807, 2.05) is 39.0 Å². The molecule has 31 heavy (non-hydrogen) atoms. The lowest BCUT2D eigenvalue weighted by Crippen LogP contribution is -2.38. The van der Waals surface area contributed by atoms with Gasteiger partial charge in [0.2, 0.25) is 5.75 Å². The fraction of sp³-hybridized carbons (Fsp3) is 0.417. The first-order valence-corrected chi connectivity index (χ1v) is 10.6. The van der Waals surface area contributed by atoms with Crippen LogP contribution in [-0.4, -0.2) is 49.7 Å². The summed E-state index contributed by atoms with van der Waals surface area (Å²) in [5.41, 5.74) is 2.62. The molecule has 0 fully saturated rings. The van der Waals surface area contributed by atoms with Crippen molar-refractivity contribution in [3.63, 3.8) is 0 Å². The number of amides is 1. The molecule has 7 heteroatoms. The fourth-order valence-corrected chi connectivity index (χ4v) is 3.52. The van der Waals surface area contributed by atoms with E-state index in [1.165, 1.54) is 5.56 Å². The van der Waals surface area contributed by atoms with Crippen molar-refractivity contribution in [1.29, 1.82) is 0 Å². The Morgan fingerprint density at radius 1 is 0.903 bits per heavy atom. The van der Waals surface area contributed by atoms with Crippen molar-refractivity contribution in [1.82, 2.24) is 4.90 Å². The molecule has 0 aliphatic carbocycles. The Labute approximate surface area is 182 Å². The number of benzene rings is 2. The Morgan fingerprint density at radius 3 is 2.13 bits per heavy atom. The fourth-order valence-electron chi connectivity index (χ4n) is 3.52. The van der Waals surface area contributed by atoms with Gasteiger partial charge in [-0.3, -0.25) is 4.79 Å². The maximum atomic E-state index is 12.7. The molecule has 3 rings (SSSR count). The third-order valence-electron chi connectivity index (χ3n) is 4.95. The Bertz CT molecular complexity index is 899. The van der Waals surface area contributed by atoms with Gasteiger partial charge in [0, 0.05) is 13.1 Å². The van der Waals surface area contributed by atoms with E-state index in [-0.39, 0.29) is 18.1 Å². The van der Waals surface area contributed by atoms with Gasteiger partial charge in [-0.05, 0) is 50.5 Å². The van der Waals surface area contributed by atoms with Gasteiger partial charge in [0.25, 0.3) is 5.91 Å². The first-order valence-electron chi connectivity index (χ1n) is 10.6. The van der Waals surface area contributed by atoms with Gasteiger partial charge in [-0.2, -0.15) is 0 Å². The van der Waals surface area contributed by atoms with Crippen LogP contribution in [0, 0.1) is 0 Å². The summed E-state index contributed by atoms with van der Waals surface area (Å²) in [4.78, 5) is 27.0. The van der Waals surface area contributed by atoms with Gasteiger partial charge >= 0.3 is 5.97 Å². The summed E-state index contributed by atoms with van der Waals surface area (Å²) in [7, 11) is 0. The predicted octanol–water partition coefficient (Wildman–Crippen LogP) is 3.62. The third-order valence-corrected chi connectivity index (χ3v) is 4.95. The molecule has 1 aliphatic heterocycles. The maximum Gasteiger partial charge on any atom is 0.338 e. The van der Waals surface area contributed by atoms with Crippen molar-refractivity contribution in [3.8, 4) is 17.2 Å². The molecule has 2 aromatic rings. The molecule has 0 atom stereocenters. The predicted molar refractivity (Wildman–Crippen MR) is 116 cm³/mol. The first kappa shape index (κ1) is 22.5. The molecule has 0 spiro atoms. The molecule has 0 aromatic heterocycles. The molecular weight excluding hydrogens is 398 g/mol. The molecule has 0 unspecified atom stereocenters. The number of esters is 1. The van der Waals surface area contributed by atoms with E-state index >= 15 is 0 Å². The number of nitrogens with zero attached hydrogens (tertiary/aromatic N) is 1. The van der Waals surface area contributed by atoms with E-state index < -0.39 is 5.97 Å². The molecule has 0 radical (unpaired) electrons. The highest BCUT2D eigenvalue weighted by Crippen LogP contribution is 2.39. The van der Waals surface area contributed by atoms with E-state index in [0.29, 0.717) is 50.2 Å². The Kier molecular flexibility index (Phi) is 7.76. The van der Waals surface area contributed by atoms with Gasteiger partial charge < -0.3 is 23.8 Å². The van der Waals surface area contributed by atoms with Crippen molar-refractivity contribution in [3.05, 3.63) is 53.1 Å². The monoisotopic (exact) mass is 427 g/mol. The smallest absolute Gasteiger partial charge is 0.338 e. The second kappa shape index (κ2) is 10.7. The highest BCUT2D eigenvalue weighted by molar-refractivity contribution is 5.93. The molecule has 1 heterocycles. The minimum absolute atomic E-state index is 0.219. The number of carbonyl (C=O) groups is 2. The summed E-state index contributed by atoms with van der Waals surface area (Å²) in [6.07, 6.45) is 0.796. The van der Waals surface area contributed by atoms with E-state index in [0.717, 1.165) is 12.0 Å². The number of ether oxygens (including phenoxy) is 4. The second-order valence-electron chi connectivity index (χ2n) is 7.01. The molecular formula is C24H29NO6. The molecule has 0 saturated carbocycles. The van der Waals surface area contributed by atoms with E-state index in [1.54, 1.807) is 17.0 Å². The summed E-state index contributed by atoms with van der Waals surface area (Å²) in [6, 6.07) is 11.2. The van der Waals surface area contributed by atoms with Crippen LogP contribution in [0.4, 0.5) is 0 Å². The van der Waals surface area contributed by atoms with Crippen LogP contribution in [0.5, 0.6) is 17.2 Å². The van der Waals surface area contributed by atoms with Crippen molar-refractivity contribution in [2.75, 3.05) is 33.0 Å². The zero-order chi connectivity index (χ0) is 22.2. The standard InChI is InChI=1S/C24H29NO6/c1-4-28-20-13-19(14-21(29-5-2)23(20)30-6-3)24(27)31-16-22(26)25-12-11-17-9-7-8-10-18(17)15-25/h7-10,13-14H,4-6,11-12,15-16H2,1-3H3.